The topological polar surface area (TPSA) is 96.0 Å². The van der Waals surface area contributed by atoms with Gasteiger partial charge in [0.15, 0.2) is 0 Å². The van der Waals surface area contributed by atoms with Gasteiger partial charge in [0, 0.05) is 12.1 Å². The van der Waals surface area contributed by atoms with Crippen LogP contribution in [-0.2, 0) is 10.0 Å². The van der Waals surface area contributed by atoms with Gasteiger partial charge in [0.05, 0.1) is 16.5 Å². The molecule has 6 heteroatoms. The van der Waals surface area contributed by atoms with Crippen LogP contribution >= 0.6 is 0 Å². The molecule has 1 aromatic rings. The van der Waals surface area contributed by atoms with Gasteiger partial charge in [-0.05, 0) is 37.1 Å². The first kappa shape index (κ1) is 15.0. The van der Waals surface area contributed by atoms with E-state index in [4.69, 9.17) is 11.0 Å². The number of hydrogen-bond acceptors (Lipinski definition) is 4. The van der Waals surface area contributed by atoms with E-state index in [1.54, 1.807) is 0 Å². The number of benzene rings is 1. The zero-order valence-electron chi connectivity index (χ0n) is 11.2. The molecule has 1 aliphatic rings. The molecule has 5 nitrogen and oxygen atoms in total. The van der Waals surface area contributed by atoms with E-state index in [2.05, 4.69) is 4.72 Å². The normalized spacial score (nSPS) is 23.8. The number of nitrogens with one attached hydrogen (secondary N) is 1. The van der Waals surface area contributed by atoms with Gasteiger partial charge in [-0.25, -0.2) is 13.1 Å². The van der Waals surface area contributed by atoms with Crippen LogP contribution in [0, 0.1) is 11.3 Å². The fraction of sp³-hybridized carbons (Fsp3) is 0.500. The highest BCUT2D eigenvalue weighted by Crippen LogP contribution is 2.19. The molecule has 2 atom stereocenters. The lowest BCUT2D eigenvalue weighted by molar-refractivity contribution is 0.456. The second-order valence-electron chi connectivity index (χ2n) is 5.17. The van der Waals surface area contributed by atoms with Gasteiger partial charge in [0.2, 0.25) is 10.0 Å². The van der Waals surface area contributed by atoms with Crippen LogP contribution in [0.5, 0.6) is 0 Å². The van der Waals surface area contributed by atoms with Crippen molar-refractivity contribution in [2.75, 3.05) is 0 Å². The molecular weight excluding hydrogens is 274 g/mol. The number of nitriles is 1. The van der Waals surface area contributed by atoms with E-state index in [0.717, 1.165) is 32.1 Å². The van der Waals surface area contributed by atoms with Gasteiger partial charge in [-0.1, -0.05) is 19.3 Å². The van der Waals surface area contributed by atoms with E-state index >= 15 is 0 Å². The Bertz CT molecular complexity index is 590. The lowest BCUT2D eigenvalue weighted by atomic mass is 10.1. The summed E-state index contributed by atoms with van der Waals surface area (Å²) in [7, 11) is -3.57. The lowest BCUT2D eigenvalue weighted by Gasteiger charge is -2.22. The molecule has 1 aliphatic carbocycles. The zero-order valence-corrected chi connectivity index (χ0v) is 12.1. The molecule has 0 radical (unpaired) electrons. The van der Waals surface area contributed by atoms with Gasteiger partial charge in [-0.3, -0.25) is 0 Å². The number of rotatable bonds is 3. The van der Waals surface area contributed by atoms with Crippen molar-refractivity contribution in [3.8, 4) is 6.07 Å². The lowest BCUT2D eigenvalue weighted by Crippen LogP contribution is -2.46. The first-order valence-corrected chi connectivity index (χ1v) is 8.29. The zero-order chi connectivity index (χ0) is 14.6. The fourth-order valence-electron chi connectivity index (χ4n) is 2.46. The SMILES string of the molecule is N#Cc1ccc(S(=O)(=O)NC2CCCCCC2N)cc1. The standard InChI is InChI=1S/C14H19N3O2S/c15-10-11-6-8-12(9-7-11)20(18,19)17-14-5-3-1-2-4-13(14)16/h6-9,13-14,17H,1-5,16H2. The molecule has 0 aromatic heterocycles. The summed E-state index contributed by atoms with van der Waals surface area (Å²) < 4.78 is 27.3. The molecule has 1 aromatic carbocycles. The second kappa shape index (κ2) is 6.35. The third-order valence-corrected chi connectivity index (χ3v) is 5.18. The number of sulfonamides is 1. The Labute approximate surface area is 119 Å². The Balaban J connectivity index is 2.15. The molecule has 0 amide bonds. The van der Waals surface area contributed by atoms with E-state index < -0.39 is 10.0 Å². The average molecular weight is 293 g/mol. The Hall–Kier alpha value is -1.42. The van der Waals surface area contributed by atoms with Gasteiger partial charge in [-0.2, -0.15) is 5.26 Å². The van der Waals surface area contributed by atoms with E-state index in [0.29, 0.717) is 5.56 Å². The van der Waals surface area contributed by atoms with Gasteiger partial charge in [0.1, 0.15) is 0 Å². The smallest absolute Gasteiger partial charge is 0.240 e. The first-order chi connectivity index (χ1) is 9.53. The van der Waals surface area contributed by atoms with Crippen LogP contribution < -0.4 is 10.5 Å². The monoisotopic (exact) mass is 293 g/mol. The molecule has 2 unspecified atom stereocenters. The minimum Gasteiger partial charge on any atom is -0.326 e. The van der Waals surface area contributed by atoms with Crippen LogP contribution in [0.1, 0.15) is 37.7 Å². The predicted octanol–water partition coefficient (Wildman–Crippen LogP) is 1.50. The second-order valence-corrected chi connectivity index (χ2v) is 6.88. The Kier molecular flexibility index (Phi) is 4.76. The van der Waals surface area contributed by atoms with Crippen molar-refractivity contribution in [2.24, 2.45) is 5.73 Å². The third kappa shape index (κ3) is 3.57. The first-order valence-electron chi connectivity index (χ1n) is 6.81. The molecule has 1 fully saturated rings. The maximum Gasteiger partial charge on any atom is 0.240 e. The molecule has 3 N–H and O–H groups in total. The van der Waals surface area contributed by atoms with E-state index in [9.17, 15) is 8.42 Å². The maximum atomic E-state index is 12.3. The predicted molar refractivity (Wildman–Crippen MR) is 76.3 cm³/mol. The van der Waals surface area contributed by atoms with Crippen molar-refractivity contribution in [2.45, 2.75) is 49.1 Å². The number of nitrogens with two attached hydrogens (primary N) is 1. The van der Waals surface area contributed by atoms with Gasteiger partial charge in [-0.15, -0.1) is 0 Å². The van der Waals surface area contributed by atoms with Crippen molar-refractivity contribution >= 4 is 10.0 Å². The maximum absolute atomic E-state index is 12.3. The van der Waals surface area contributed by atoms with Crippen molar-refractivity contribution in [1.29, 1.82) is 5.26 Å². The van der Waals surface area contributed by atoms with Crippen molar-refractivity contribution in [3.05, 3.63) is 29.8 Å². The van der Waals surface area contributed by atoms with Crippen LogP contribution in [-0.4, -0.2) is 20.5 Å². The molecule has 20 heavy (non-hydrogen) atoms. The summed E-state index contributed by atoms with van der Waals surface area (Å²) in [5, 5.41) is 8.73. The quantitative estimate of drug-likeness (QED) is 0.825. The minimum atomic E-state index is -3.57. The van der Waals surface area contributed by atoms with Crippen LogP contribution in [0.25, 0.3) is 0 Å². The van der Waals surface area contributed by atoms with Crippen molar-refractivity contribution < 1.29 is 8.42 Å². The van der Waals surface area contributed by atoms with Gasteiger partial charge >= 0.3 is 0 Å². The molecule has 0 aliphatic heterocycles. The summed E-state index contributed by atoms with van der Waals surface area (Å²) in [6.45, 7) is 0. The average Bonchev–Trinajstić information content (AvgIpc) is 2.64. The largest absolute Gasteiger partial charge is 0.326 e. The molecule has 0 spiro atoms. The van der Waals surface area contributed by atoms with Gasteiger partial charge in [0.25, 0.3) is 0 Å². The van der Waals surface area contributed by atoms with Crippen molar-refractivity contribution in [3.63, 3.8) is 0 Å². The fourth-order valence-corrected chi connectivity index (χ4v) is 3.78. The van der Waals surface area contributed by atoms with Crippen molar-refractivity contribution in [1.82, 2.24) is 4.72 Å². The molecule has 0 heterocycles. The summed E-state index contributed by atoms with van der Waals surface area (Å²) in [6.07, 6.45) is 4.77. The van der Waals surface area contributed by atoms with E-state index in [1.807, 2.05) is 6.07 Å². The Morgan fingerprint density at radius 2 is 1.80 bits per heavy atom. The summed E-state index contributed by atoms with van der Waals surface area (Å²) in [6, 6.07) is 7.52. The van der Waals surface area contributed by atoms with Crippen LogP contribution in [0.2, 0.25) is 0 Å². The van der Waals surface area contributed by atoms with Crippen LogP contribution in [0.3, 0.4) is 0 Å². The summed E-state index contributed by atoms with van der Waals surface area (Å²) >= 11 is 0. The minimum absolute atomic E-state index is 0.134. The molecule has 0 saturated heterocycles. The number of nitrogens with zero attached hydrogens (tertiary/aromatic N) is 1. The van der Waals surface area contributed by atoms with Crippen LogP contribution in [0.4, 0.5) is 0 Å². The highest BCUT2D eigenvalue weighted by molar-refractivity contribution is 7.89. The van der Waals surface area contributed by atoms with Crippen LogP contribution in [0.15, 0.2) is 29.2 Å². The highest BCUT2D eigenvalue weighted by atomic mass is 32.2. The highest BCUT2D eigenvalue weighted by Gasteiger charge is 2.26. The summed E-state index contributed by atoms with van der Waals surface area (Å²) in [5.41, 5.74) is 6.48. The molecule has 1 saturated carbocycles. The van der Waals surface area contributed by atoms with Gasteiger partial charge < -0.3 is 5.73 Å². The Morgan fingerprint density at radius 1 is 1.15 bits per heavy atom. The molecule has 2 rings (SSSR count). The third-order valence-electron chi connectivity index (χ3n) is 3.67. The number of hydrogen-bond donors (Lipinski definition) is 2. The summed E-state index contributed by atoms with van der Waals surface area (Å²) in [5.74, 6) is 0. The molecule has 108 valence electrons. The van der Waals surface area contributed by atoms with E-state index in [1.165, 1.54) is 24.3 Å². The molecule has 0 bridgehead atoms. The molecular formula is C14H19N3O2S. The Morgan fingerprint density at radius 3 is 2.45 bits per heavy atom. The summed E-state index contributed by atoms with van der Waals surface area (Å²) in [4.78, 5) is 0.174. The van der Waals surface area contributed by atoms with E-state index in [-0.39, 0.29) is 17.0 Å².